The van der Waals surface area contributed by atoms with E-state index in [1.807, 2.05) is 48.0 Å². The average molecular weight is 448 g/mol. The second-order valence-electron chi connectivity index (χ2n) is 7.64. The Bertz CT molecular complexity index is 939. The molecule has 1 fully saturated rings. The first kappa shape index (κ1) is 21.1. The SMILES string of the molecule is Cn1nc2c(c1NC(=O)CCCC(=O)N1CCN(c3cccc(Cl)c3)CC1)CSC2. The Morgan fingerprint density at radius 3 is 2.73 bits per heavy atom. The molecule has 30 heavy (non-hydrogen) atoms. The third-order valence-corrected chi connectivity index (χ3v) is 6.78. The van der Waals surface area contributed by atoms with Crippen LogP contribution in [0.25, 0.3) is 0 Å². The topological polar surface area (TPSA) is 70.5 Å². The Kier molecular flexibility index (Phi) is 6.53. The van der Waals surface area contributed by atoms with E-state index in [1.54, 1.807) is 4.68 Å². The second-order valence-corrected chi connectivity index (χ2v) is 9.06. The van der Waals surface area contributed by atoms with Crippen LogP contribution in [0.5, 0.6) is 0 Å². The third kappa shape index (κ3) is 4.75. The number of anilines is 2. The fourth-order valence-electron chi connectivity index (χ4n) is 3.94. The predicted octanol–water partition coefficient (Wildman–Crippen LogP) is 3.28. The van der Waals surface area contributed by atoms with E-state index >= 15 is 0 Å². The highest BCUT2D eigenvalue weighted by molar-refractivity contribution is 7.98. The number of hydrogen-bond donors (Lipinski definition) is 1. The van der Waals surface area contributed by atoms with E-state index in [9.17, 15) is 9.59 Å². The van der Waals surface area contributed by atoms with Gasteiger partial charge >= 0.3 is 0 Å². The van der Waals surface area contributed by atoms with Crippen molar-refractivity contribution in [2.24, 2.45) is 7.05 Å². The molecule has 2 aliphatic heterocycles. The van der Waals surface area contributed by atoms with Crippen LogP contribution in [-0.4, -0.2) is 52.7 Å². The first-order valence-electron chi connectivity index (χ1n) is 10.2. The van der Waals surface area contributed by atoms with E-state index in [1.165, 1.54) is 0 Å². The normalized spacial score (nSPS) is 15.9. The molecule has 2 aromatic rings. The van der Waals surface area contributed by atoms with Crippen LogP contribution in [0.4, 0.5) is 11.5 Å². The number of fused-ring (bicyclic) bond motifs is 1. The Hall–Kier alpha value is -2.19. The van der Waals surface area contributed by atoms with Gasteiger partial charge in [0, 0.05) is 73.8 Å². The van der Waals surface area contributed by atoms with Crippen LogP contribution in [-0.2, 0) is 28.1 Å². The summed E-state index contributed by atoms with van der Waals surface area (Å²) in [4.78, 5) is 29.0. The molecule has 2 aliphatic rings. The number of carbonyl (C=O) groups excluding carboxylic acids is 2. The van der Waals surface area contributed by atoms with Crippen molar-refractivity contribution in [2.75, 3.05) is 36.4 Å². The van der Waals surface area contributed by atoms with Crippen LogP contribution < -0.4 is 10.2 Å². The van der Waals surface area contributed by atoms with E-state index in [0.717, 1.165) is 52.4 Å². The highest BCUT2D eigenvalue weighted by Crippen LogP contribution is 2.34. The zero-order chi connectivity index (χ0) is 21.1. The highest BCUT2D eigenvalue weighted by atomic mass is 35.5. The van der Waals surface area contributed by atoms with Gasteiger partial charge in [-0.2, -0.15) is 16.9 Å². The quantitative estimate of drug-likeness (QED) is 0.735. The number of nitrogens with one attached hydrogen (secondary N) is 1. The molecule has 1 aromatic heterocycles. The van der Waals surface area contributed by atoms with Gasteiger partial charge in [0.1, 0.15) is 5.82 Å². The maximum atomic E-state index is 12.5. The zero-order valence-corrected chi connectivity index (χ0v) is 18.6. The molecular weight excluding hydrogens is 422 g/mol. The van der Waals surface area contributed by atoms with Crippen LogP contribution in [0.15, 0.2) is 24.3 Å². The summed E-state index contributed by atoms with van der Waals surface area (Å²) in [6, 6.07) is 7.80. The summed E-state index contributed by atoms with van der Waals surface area (Å²) >= 11 is 7.89. The summed E-state index contributed by atoms with van der Waals surface area (Å²) in [5, 5.41) is 8.16. The molecule has 4 rings (SSSR count). The van der Waals surface area contributed by atoms with Gasteiger partial charge in [0.25, 0.3) is 0 Å². The summed E-state index contributed by atoms with van der Waals surface area (Å²) in [6.07, 6.45) is 1.28. The smallest absolute Gasteiger partial charge is 0.225 e. The van der Waals surface area contributed by atoms with E-state index in [2.05, 4.69) is 15.3 Å². The number of halogens is 1. The summed E-state index contributed by atoms with van der Waals surface area (Å²) in [7, 11) is 1.85. The van der Waals surface area contributed by atoms with Gasteiger partial charge in [0.15, 0.2) is 0 Å². The molecule has 1 saturated heterocycles. The molecule has 0 unspecified atom stereocenters. The molecular formula is C21H26ClN5O2S. The molecule has 1 aromatic carbocycles. The summed E-state index contributed by atoms with van der Waals surface area (Å²) in [5.74, 6) is 2.64. The largest absolute Gasteiger partial charge is 0.368 e. The molecule has 0 spiro atoms. The van der Waals surface area contributed by atoms with Gasteiger partial charge in [-0.05, 0) is 24.6 Å². The maximum absolute atomic E-state index is 12.5. The molecule has 2 amide bonds. The van der Waals surface area contributed by atoms with Crippen molar-refractivity contribution < 1.29 is 9.59 Å². The van der Waals surface area contributed by atoms with Gasteiger partial charge in [0.2, 0.25) is 11.8 Å². The van der Waals surface area contributed by atoms with Gasteiger partial charge in [-0.15, -0.1) is 0 Å². The Labute approximate surface area is 185 Å². The lowest BCUT2D eigenvalue weighted by Crippen LogP contribution is -2.48. The van der Waals surface area contributed by atoms with Gasteiger partial charge in [-0.3, -0.25) is 14.3 Å². The standard InChI is InChI=1S/C21H26ClN5O2S/c1-25-21(17-13-30-14-18(17)24-25)23-19(28)6-3-7-20(29)27-10-8-26(9-11-27)16-5-2-4-15(22)12-16/h2,4-5,12H,3,6-11,13-14H2,1H3,(H,23,28). The van der Waals surface area contributed by atoms with Crippen LogP contribution in [0.1, 0.15) is 30.5 Å². The lowest BCUT2D eigenvalue weighted by Gasteiger charge is -2.36. The van der Waals surface area contributed by atoms with Crippen LogP contribution in [0.3, 0.4) is 0 Å². The number of nitrogens with zero attached hydrogens (tertiary/aromatic N) is 4. The fraction of sp³-hybridized carbons (Fsp3) is 0.476. The summed E-state index contributed by atoms with van der Waals surface area (Å²) in [5.41, 5.74) is 3.28. The third-order valence-electron chi connectivity index (χ3n) is 5.57. The molecule has 1 N–H and O–H groups in total. The maximum Gasteiger partial charge on any atom is 0.225 e. The van der Waals surface area contributed by atoms with Gasteiger partial charge in [0.05, 0.1) is 5.69 Å². The Balaban J connectivity index is 1.20. The Morgan fingerprint density at radius 1 is 1.17 bits per heavy atom. The number of carbonyl (C=O) groups is 2. The average Bonchev–Trinajstić information content (AvgIpc) is 3.30. The first-order chi connectivity index (χ1) is 14.5. The number of aromatic nitrogens is 2. The molecule has 160 valence electrons. The minimum atomic E-state index is -0.0590. The monoisotopic (exact) mass is 447 g/mol. The predicted molar refractivity (Wildman–Crippen MR) is 121 cm³/mol. The van der Waals surface area contributed by atoms with Gasteiger partial charge in [-0.25, -0.2) is 0 Å². The van der Waals surface area contributed by atoms with E-state index < -0.39 is 0 Å². The van der Waals surface area contributed by atoms with Crippen LogP contribution in [0.2, 0.25) is 5.02 Å². The summed E-state index contributed by atoms with van der Waals surface area (Å²) in [6.45, 7) is 2.96. The lowest BCUT2D eigenvalue weighted by molar-refractivity contribution is -0.131. The van der Waals surface area contributed by atoms with Crippen molar-refractivity contribution in [1.82, 2.24) is 14.7 Å². The number of hydrogen-bond acceptors (Lipinski definition) is 5. The van der Waals surface area contributed by atoms with Crippen molar-refractivity contribution in [1.29, 1.82) is 0 Å². The first-order valence-corrected chi connectivity index (χ1v) is 11.7. The van der Waals surface area contributed by atoms with Gasteiger partial charge < -0.3 is 15.1 Å². The second kappa shape index (κ2) is 9.31. The lowest BCUT2D eigenvalue weighted by atomic mass is 10.2. The number of piperazine rings is 1. The fourth-order valence-corrected chi connectivity index (χ4v) is 5.16. The van der Waals surface area contributed by atoms with Gasteiger partial charge in [-0.1, -0.05) is 17.7 Å². The number of thioether (sulfide) groups is 1. The van der Waals surface area contributed by atoms with Crippen molar-refractivity contribution in [2.45, 2.75) is 30.8 Å². The molecule has 9 heteroatoms. The molecule has 0 bridgehead atoms. The van der Waals surface area contributed by atoms with Crippen LogP contribution in [0, 0.1) is 0 Å². The van der Waals surface area contributed by atoms with E-state index in [4.69, 9.17) is 11.6 Å². The van der Waals surface area contributed by atoms with Crippen molar-refractivity contribution in [3.63, 3.8) is 0 Å². The molecule has 7 nitrogen and oxygen atoms in total. The number of benzene rings is 1. The summed E-state index contributed by atoms with van der Waals surface area (Å²) < 4.78 is 1.74. The Morgan fingerprint density at radius 2 is 1.97 bits per heavy atom. The number of rotatable bonds is 6. The zero-order valence-electron chi connectivity index (χ0n) is 17.1. The minimum Gasteiger partial charge on any atom is -0.368 e. The number of aryl methyl sites for hydroxylation is 1. The molecule has 0 aliphatic carbocycles. The molecule has 0 radical (unpaired) electrons. The van der Waals surface area contributed by atoms with E-state index in [-0.39, 0.29) is 11.8 Å². The van der Waals surface area contributed by atoms with Crippen LogP contribution >= 0.6 is 23.4 Å². The highest BCUT2D eigenvalue weighted by Gasteiger charge is 2.23. The van der Waals surface area contributed by atoms with E-state index in [0.29, 0.717) is 32.4 Å². The van der Waals surface area contributed by atoms with Crippen molar-refractivity contribution in [3.05, 3.63) is 40.5 Å². The molecule has 3 heterocycles. The number of amides is 2. The molecule has 0 saturated carbocycles. The minimum absolute atomic E-state index is 0.0590. The van der Waals surface area contributed by atoms with Crippen molar-refractivity contribution >= 4 is 46.7 Å². The van der Waals surface area contributed by atoms with Crippen molar-refractivity contribution in [3.8, 4) is 0 Å². The molecule has 0 atom stereocenters.